The number of ether oxygens (including phenoxy) is 2. The minimum Gasteiger partial charge on any atom is -0.445 e. The largest absolute Gasteiger partial charge is 0.445 e. The van der Waals surface area contributed by atoms with Gasteiger partial charge in [-0.05, 0) is 85.7 Å². The number of rotatable bonds is 24. The molecule has 19 heteroatoms. The zero-order valence-corrected chi connectivity index (χ0v) is 47.2. The van der Waals surface area contributed by atoms with Crippen LogP contribution >= 0.6 is 11.8 Å². The number of anilines is 2. The molecule has 0 aliphatic rings. The number of urea groups is 1. The Labute approximate surface area is 446 Å². The maximum absolute atomic E-state index is 13.0. The third kappa shape index (κ3) is 37.8. The molecule has 18 nitrogen and oxygen atoms in total. The summed E-state index contributed by atoms with van der Waals surface area (Å²) in [4.78, 5) is 88.9. The first-order valence-corrected chi connectivity index (χ1v) is 27.1. The van der Waals surface area contributed by atoms with E-state index in [2.05, 4.69) is 49.1 Å². The number of hydrogen-bond donors (Lipinski definition) is 8. The average Bonchev–Trinajstić information content (AvgIpc) is 3.41. The Morgan fingerprint density at radius 1 is 0.716 bits per heavy atom. The van der Waals surface area contributed by atoms with Gasteiger partial charge in [-0.25, -0.2) is 14.4 Å². The monoisotopic (exact) mass is 1050 g/mol. The number of nitrogens with two attached hydrogens (primary N) is 1. The predicted octanol–water partition coefficient (Wildman–Crippen LogP) is 10.6. The minimum absolute atomic E-state index is 0.0564. The summed E-state index contributed by atoms with van der Waals surface area (Å²) in [5, 5.41) is 18.4. The van der Waals surface area contributed by atoms with E-state index in [9.17, 15) is 33.6 Å². The Hall–Kier alpha value is -6.89. The Balaban J connectivity index is -0.00000278. The van der Waals surface area contributed by atoms with Crippen molar-refractivity contribution in [1.82, 2.24) is 31.6 Å². The first-order chi connectivity index (χ1) is 35.6. The van der Waals surface area contributed by atoms with Crippen LogP contribution in [0, 0.1) is 5.92 Å². The highest BCUT2D eigenvalue weighted by Gasteiger charge is 2.24. The van der Waals surface area contributed by atoms with E-state index in [1.807, 2.05) is 74.8 Å². The zero-order valence-electron chi connectivity index (χ0n) is 46.4. The number of carbonyl (C=O) groups is 7. The molecule has 1 unspecified atom stereocenters. The maximum atomic E-state index is 13.0. The van der Waals surface area contributed by atoms with Crippen LogP contribution in [0.1, 0.15) is 143 Å². The van der Waals surface area contributed by atoms with Crippen LogP contribution in [0.4, 0.5) is 25.8 Å². The lowest BCUT2D eigenvalue weighted by atomic mass is 10.0. The van der Waals surface area contributed by atoms with E-state index in [0.717, 1.165) is 49.7 Å². The van der Waals surface area contributed by atoms with Gasteiger partial charge in [0.05, 0.1) is 17.9 Å². The summed E-state index contributed by atoms with van der Waals surface area (Å²) in [6.07, 6.45) is 17.0. The molecule has 1 atom stereocenters. The van der Waals surface area contributed by atoms with Crippen molar-refractivity contribution in [3.8, 4) is 0 Å². The summed E-state index contributed by atoms with van der Waals surface area (Å²) in [6.45, 7) is 22.1. The second-order valence-electron chi connectivity index (χ2n) is 15.5. The van der Waals surface area contributed by atoms with Crippen LogP contribution in [0.25, 0.3) is 0 Å². The lowest BCUT2D eigenvalue weighted by molar-refractivity contribution is -0.131. The molecule has 0 spiro atoms. The molecule has 0 radical (unpaired) electrons. The molecule has 74 heavy (non-hydrogen) atoms. The summed E-state index contributed by atoms with van der Waals surface area (Å²) in [7, 11) is 0. The van der Waals surface area contributed by atoms with Crippen molar-refractivity contribution in [1.29, 1.82) is 0 Å². The van der Waals surface area contributed by atoms with Crippen LogP contribution in [-0.4, -0.2) is 85.1 Å². The topological polar surface area (TPSA) is 261 Å². The van der Waals surface area contributed by atoms with Gasteiger partial charge in [-0.15, -0.1) is 0 Å². The molecular weight excluding hydrogens is 963 g/mol. The van der Waals surface area contributed by atoms with Crippen molar-refractivity contribution in [2.75, 3.05) is 42.8 Å². The van der Waals surface area contributed by atoms with Crippen LogP contribution < -0.4 is 43.0 Å². The smallest absolute Gasteiger partial charge is 0.412 e. The van der Waals surface area contributed by atoms with Crippen LogP contribution in [-0.2, 0) is 37.0 Å². The molecule has 0 aliphatic carbocycles. The quantitative estimate of drug-likeness (QED) is 0.0309. The fourth-order valence-corrected chi connectivity index (χ4v) is 5.50. The van der Waals surface area contributed by atoms with Crippen molar-refractivity contribution in [2.24, 2.45) is 11.7 Å². The number of carbonyl (C=O) groups excluding carboxylic acids is 7. The molecule has 414 valence electrons. The van der Waals surface area contributed by atoms with Gasteiger partial charge in [0.25, 0.3) is 5.91 Å². The highest BCUT2D eigenvalue weighted by atomic mass is 32.2. The van der Waals surface area contributed by atoms with Crippen molar-refractivity contribution < 1.29 is 43.0 Å². The van der Waals surface area contributed by atoms with Crippen molar-refractivity contribution >= 4 is 65.0 Å². The van der Waals surface area contributed by atoms with Crippen LogP contribution in [0.5, 0.6) is 0 Å². The lowest BCUT2D eigenvalue weighted by Crippen LogP contribution is -2.51. The number of primary amides is 1. The molecule has 0 fully saturated rings. The molecule has 0 saturated carbocycles. The SMILES string of the molecule is CC.CC.CC.CCCCCCCC(=O)NC(C(=O)NCC(=O)N/C=C/C=C(\C)COC(=O)Nc1ccccc1NC(=O)c1ccc(CNC(=O)OCc2cccnc2)cc1)C(C)C.CCCNC(N)=O.CSC. The van der Waals surface area contributed by atoms with Gasteiger partial charge in [0.2, 0.25) is 17.7 Å². The molecule has 0 bridgehead atoms. The van der Waals surface area contributed by atoms with Crippen molar-refractivity contribution in [2.45, 2.75) is 140 Å². The number of aromatic nitrogens is 1. The first kappa shape index (κ1) is 71.4. The van der Waals surface area contributed by atoms with Gasteiger partial charge in [-0.2, -0.15) is 11.8 Å². The molecule has 3 rings (SSSR count). The molecule has 0 aliphatic heterocycles. The number of alkyl carbamates (subject to hydrolysis) is 1. The standard InChI is InChI=1S/C43H55N7O8.C4H10N2O.C2H6S.3C2H6/c1-5-6-7-8-9-18-37(51)50-39(30(2)3)41(54)46-27-38(52)45-24-12-14-31(4)28-57-43(56)49-36-17-11-10-16-35(36)48-40(53)34-21-19-32(20-22-34)26-47-42(55)58-29-33-15-13-23-44-25-33;1-2-3-6-4(5)7;1-3-2;3*1-2/h10-17,19-25,30,39H,5-9,18,26-29H2,1-4H3,(H,45,52)(H,46,54)(H,47,55)(H,48,53)(H,49,56)(H,50,51);2-3H2,1H3,(H3,5,6,7);1-2H3;3*1-2H3/b24-12+,31-14+;;;;;. The number of thioether (sulfide) groups is 1. The zero-order chi connectivity index (χ0) is 56.5. The highest BCUT2D eigenvalue weighted by molar-refractivity contribution is 7.97. The molecule has 1 heterocycles. The normalized spacial score (nSPS) is 10.4. The van der Waals surface area contributed by atoms with Gasteiger partial charge in [0, 0.05) is 49.2 Å². The fourth-order valence-electron chi connectivity index (χ4n) is 5.50. The molecule has 3 aromatic rings. The molecule has 1 aromatic heterocycles. The van der Waals surface area contributed by atoms with Gasteiger partial charge in [0.15, 0.2) is 0 Å². The van der Waals surface area contributed by atoms with E-state index in [1.165, 1.54) is 6.20 Å². The van der Waals surface area contributed by atoms with E-state index in [4.69, 9.17) is 15.2 Å². The van der Waals surface area contributed by atoms with Gasteiger partial charge >= 0.3 is 18.2 Å². The Morgan fingerprint density at radius 2 is 1.34 bits per heavy atom. The number of pyridine rings is 1. The summed E-state index contributed by atoms with van der Waals surface area (Å²) in [5.74, 6) is -1.64. The van der Waals surface area contributed by atoms with Crippen molar-refractivity contribution in [3.05, 3.63) is 114 Å². The summed E-state index contributed by atoms with van der Waals surface area (Å²) in [5.41, 5.74) is 7.95. The molecule has 9 N–H and O–H groups in total. The van der Waals surface area contributed by atoms with Crippen LogP contribution in [0.3, 0.4) is 0 Å². The van der Waals surface area contributed by atoms with Crippen molar-refractivity contribution in [3.63, 3.8) is 0 Å². The average molecular weight is 1050 g/mol. The first-order valence-electron chi connectivity index (χ1n) is 25.5. The summed E-state index contributed by atoms with van der Waals surface area (Å²) < 4.78 is 10.5. The third-order valence-electron chi connectivity index (χ3n) is 9.06. The number of unbranched alkanes of at least 4 members (excludes halogenated alkanes) is 4. The molecular formula is C55H89N9O9S. The molecule has 0 saturated heterocycles. The van der Waals surface area contributed by atoms with E-state index < -0.39 is 42.0 Å². The lowest BCUT2D eigenvalue weighted by Gasteiger charge is -2.21. The number of nitrogens with one attached hydrogen (secondary N) is 7. The summed E-state index contributed by atoms with van der Waals surface area (Å²) >= 11 is 1.75. The Bertz CT molecular complexity index is 2050. The number of amides is 8. The van der Waals surface area contributed by atoms with E-state index in [0.29, 0.717) is 35.5 Å². The van der Waals surface area contributed by atoms with E-state index in [1.54, 1.807) is 104 Å². The second kappa shape index (κ2) is 48.4. The van der Waals surface area contributed by atoms with Gasteiger partial charge < -0.3 is 47.1 Å². The maximum Gasteiger partial charge on any atom is 0.412 e. The predicted molar refractivity (Wildman–Crippen MR) is 303 cm³/mol. The van der Waals surface area contributed by atoms with Gasteiger partial charge in [-0.1, -0.05) is 131 Å². The van der Waals surface area contributed by atoms with Gasteiger partial charge in [-0.3, -0.25) is 29.5 Å². The Kier molecular flexibility index (Phi) is 46.7. The van der Waals surface area contributed by atoms with Gasteiger partial charge in [0.1, 0.15) is 19.3 Å². The molecule has 8 amide bonds. The number of nitrogens with zero attached hydrogens (tertiary/aromatic N) is 1. The van der Waals surface area contributed by atoms with Crippen LogP contribution in [0.15, 0.2) is 97.0 Å². The van der Waals surface area contributed by atoms with E-state index in [-0.39, 0.29) is 38.1 Å². The van der Waals surface area contributed by atoms with E-state index >= 15 is 0 Å². The number of allylic oxidation sites excluding steroid dienone is 2. The number of hydrogen-bond acceptors (Lipinski definition) is 11. The minimum atomic E-state index is -0.749. The molecule has 2 aromatic carbocycles. The van der Waals surface area contributed by atoms with Crippen LogP contribution in [0.2, 0.25) is 0 Å². The second-order valence-corrected chi connectivity index (χ2v) is 16.3. The summed E-state index contributed by atoms with van der Waals surface area (Å²) in [6, 6.07) is 15.7. The number of benzene rings is 2. The highest BCUT2D eigenvalue weighted by Crippen LogP contribution is 2.22. The fraction of sp³-hybridized carbons (Fsp3) is 0.491. The Morgan fingerprint density at radius 3 is 1.89 bits per heavy atom. The third-order valence-corrected chi connectivity index (χ3v) is 9.06. The number of para-hydroxylation sites is 2.